The monoisotopic (exact) mass is 496 g/mol. The van der Waals surface area contributed by atoms with Gasteiger partial charge in [-0.2, -0.15) is 0 Å². The number of carbonyl (C=O) groups excluding carboxylic acids is 4. The number of esters is 1. The standard InChI is InChI=1S/C14H17N3O4S.C9H19NO2/c1-5-6-11-17-10(7-22-11)13(19)15-8(2)12(18)16-9(3)14(20)21-4;1-4-7-8(5-2)10-9(11)12-6-3/h7H,2-3,5-6H2,1,4H3,(H,15,19)(H,16,18);8H,4-7H2,1-3H3,(H,10,11). The average Bonchev–Trinajstić information content (AvgIpc) is 3.27. The molecule has 190 valence electrons. The number of aromatic nitrogens is 1. The Labute approximate surface area is 205 Å². The maximum atomic E-state index is 11.9. The van der Waals surface area contributed by atoms with Crippen LogP contribution in [0.15, 0.2) is 29.9 Å². The maximum Gasteiger partial charge on any atom is 0.407 e. The number of nitrogens with zero attached hydrogens (tertiary/aromatic N) is 1. The highest BCUT2D eigenvalue weighted by Gasteiger charge is 2.17. The van der Waals surface area contributed by atoms with Gasteiger partial charge in [-0.15, -0.1) is 11.3 Å². The third kappa shape index (κ3) is 12.1. The molecule has 0 aliphatic carbocycles. The number of hydrogen-bond acceptors (Lipinski definition) is 8. The number of amides is 3. The minimum atomic E-state index is -0.781. The number of hydrogen-bond donors (Lipinski definition) is 3. The lowest BCUT2D eigenvalue weighted by molar-refractivity contribution is -0.137. The van der Waals surface area contributed by atoms with Gasteiger partial charge in [0.25, 0.3) is 11.8 Å². The van der Waals surface area contributed by atoms with Crippen LogP contribution in [0.4, 0.5) is 4.79 Å². The van der Waals surface area contributed by atoms with Crippen molar-refractivity contribution >= 4 is 35.2 Å². The SMILES string of the molecule is C=C(NC(=O)c1csc(CCC)n1)C(=O)NC(=C)C(=O)OC.CCCC(CC)NC(=O)OCC. The Morgan fingerprint density at radius 1 is 1.06 bits per heavy atom. The molecule has 0 fully saturated rings. The molecule has 0 saturated heterocycles. The molecule has 10 nitrogen and oxygen atoms in total. The summed E-state index contributed by atoms with van der Waals surface area (Å²) in [5, 5.41) is 9.76. The van der Waals surface area contributed by atoms with E-state index in [-0.39, 0.29) is 29.2 Å². The Morgan fingerprint density at radius 3 is 2.26 bits per heavy atom. The Balaban J connectivity index is 0.000000770. The largest absolute Gasteiger partial charge is 0.464 e. The quantitative estimate of drug-likeness (QED) is 0.298. The molecular weight excluding hydrogens is 460 g/mol. The van der Waals surface area contributed by atoms with E-state index in [1.165, 1.54) is 11.3 Å². The van der Waals surface area contributed by atoms with Crippen LogP contribution in [-0.4, -0.2) is 48.6 Å². The number of ether oxygens (including phenoxy) is 2. The van der Waals surface area contributed by atoms with Gasteiger partial charge in [0.2, 0.25) is 0 Å². The van der Waals surface area contributed by atoms with Crippen LogP contribution >= 0.6 is 11.3 Å². The van der Waals surface area contributed by atoms with E-state index in [9.17, 15) is 19.2 Å². The number of thiazole rings is 1. The summed E-state index contributed by atoms with van der Waals surface area (Å²) in [6.07, 6.45) is 4.50. The van der Waals surface area contributed by atoms with Crippen LogP contribution in [0.2, 0.25) is 0 Å². The van der Waals surface area contributed by atoms with Crippen molar-refractivity contribution in [1.29, 1.82) is 0 Å². The second kappa shape index (κ2) is 17.3. The molecule has 0 radical (unpaired) electrons. The number of aryl methyl sites for hydroxylation is 1. The number of carbonyl (C=O) groups is 4. The lowest BCUT2D eigenvalue weighted by Gasteiger charge is -2.15. The first kappa shape index (κ1) is 30.8. The highest BCUT2D eigenvalue weighted by molar-refractivity contribution is 7.09. The molecule has 0 aliphatic rings. The number of methoxy groups -OCH3 is 1. The van der Waals surface area contributed by atoms with Gasteiger partial charge in [-0.3, -0.25) is 9.59 Å². The zero-order valence-electron chi connectivity index (χ0n) is 20.6. The Bertz CT molecular complexity index is 852. The minimum Gasteiger partial charge on any atom is -0.464 e. The molecule has 0 aromatic carbocycles. The van der Waals surface area contributed by atoms with Gasteiger partial charge in [-0.05, 0) is 32.6 Å². The third-order valence-corrected chi connectivity index (χ3v) is 5.12. The van der Waals surface area contributed by atoms with Gasteiger partial charge in [0.1, 0.15) is 11.4 Å². The summed E-state index contributed by atoms with van der Waals surface area (Å²) in [5.74, 6) is -2.08. The number of nitrogens with one attached hydrogen (secondary N) is 3. The van der Waals surface area contributed by atoms with E-state index in [4.69, 9.17) is 4.74 Å². The third-order valence-electron chi connectivity index (χ3n) is 4.21. The molecule has 0 bridgehead atoms. The van der Waals surface area contributed by atoms with Crippen LogP contribution in [0.25, 0.3) is 0 Å². The van der Waals surface area contributed by atoms with Crippen molar-refractivity contribution in [2.45, 2.75) is 65.8 Å². The first-order chi connectivity index (χ1) is 16.1. The summed E-state index contributed by atoms with van der Waals surface area (Å²) < 4.78 is 9.16. The van der Waals surface area contributed by atoms with Crippen LogP contribution < -0.4 is 16.0 Å². The van der Waals surface area contributed by atoms with E-state index in [1.54, 1.807) is 12.3 Å². The van der Waals surface area contributed by atoms with Crippen LogP contribution in [0.1, 0.15) is 68.9 Å². The molecular formula is C23H36N4O6S. The highest BCUT2D eigenvalue weighted by Crippen LogP contribution is 2.12. The van der Waals surface area contributed by atoms with Crippen LogP contribution in [0.3, 0.4) is 0 Å². The zero-order chi connectivity index (χ0) is 26.1. The Morgan fingerprint density at radius 2 is 1.74 bits per heavy atom. The summed E-state index contributed by atoms with van der Waals surface area (Å²) in [6.45, 7) is 15.2. The first-order valence-electron chi connectivity index (χ1n) is 11.1. The average molecular weight is 497 g/mol. The van der Waals surface area contributed by atoms with E-state index in [2.05, 4.69) is 52.7 Å². The summed E-state index contributed by atoms with van der Waals surface area (Å²) in [4.78, 5) is 49.9. The van der Waals surface area contributed by atoms with E-state index in [0.29, 0.717) is 6.61 Å². The predicted octanol–water partition coefficient (Wildman–Crippen LogP) is 3.45. The Kier molecular flexibility index (Phi) is 15.7. The second-order valence-corrected chi connectivity index (χ2v) is 7.93. The molecule has 0 spiro atoms. The molecule has 1 atom stereocenters. The molecule has 1 rings (SSSR count). The van der Waals surface area contributed by atoms with Crippen molar-refractivity contribution in [1.82, 2.24) is 20.9 Å². The predicted molar refractivity (Wildman–Crippen MR) is 131 cm³/mol. The van der Waals surface area contributed by atoms with Gasteiger partial charge in [-0.1, -0.05) is 40.3 Å². The van der Waals surface area contributed by atoms with E-state index in [0.717, 1.165) is 44.2 Å². The van der Waals surface area contributed by atoms with Crippen LogP contribution in [0.5, 0.6) is 0 Å². The van der Waals surface area contributed by atoms with Gasteiger partial charge in [0.05, 0.1) is 24.4 Å². The lowest BCUT2D eigenvalue weighted by atomic mass is 10.1. The van der Waals surface area contributed by atoms with E-state index >= 15 is 0 Å². The lowest BCUT2D eigenvalue weighted by Crippen LogP contribution is -2.35. The first-order valence-corrected chi connectivity index (χ1v) is 12.0. The summed E-state index contributed by atoms with van der Waals surface area (Å²) in [6, 6.07) is 0.272. The summed E-state index contributed by atoms with van der Waals surface area (Å²) in [5.41, 5.74) is -0.254. The van der Waals surface area contributed by atoms with E-state index in [1.807, 2.05) is 6.92 Å². The molecule has 1 aromatic rings. The molecule has 1 unspecified atom stereocenters. The maximum absolute atomic E-state index is 11.9. The van der Waals surface area contributed by atoms with Crippen molar-refractivity contribution in [3.63, 3.8) is 0 Å². The summed E-state index contributed by atoms with van der Waals surface area (Å²) in [7, 11) is 1.16. The van der Waals surface area contributed by atoms with Crippen molar-refractivity contribution in [2.24, 2.45) is 0 Å². The molecule has 3 N–H and O–H groups in total. The molecule has 0 aliphatic heterocycles. The van der Waals surface area contributed by atoms with Gasteiger partial charge in [-0.25, -0.2) is 14.6 Å². The van der Waals surface area contributed by atoms with Crippen molar-refractivity contribution in [3.8, 4) is 0 Å². The smallest absolute Gasteiger partial charge is 0.407 e. The van der Waals surface area contributed by atoms with Crippen LogP contribution in [-0.2, 0) is 25.5 Å². The van der Waals surface area contributed by atoms with Gasteiger partial charge in [0, 0.05) is 11.4 Å². The van der Waals surface area contributed by atoms with E-state index < -0.39 is 17.8 Å². The number of rotatable bonds is 12. The van der Waals surface area contributed by atoms with Crippen molar-refractivity contribution in [3.05, 3.63) is 40.6 Å². The van der Waals surface area contributed by atoms with Gasteiger partial charge >= 0.3 is 12.1 Å². The summed E-state index contributed by atoms with van der Waals surface area (Å²) >= 11 is 1.38. The van der Waals surface area contributed by atoms with Crippen molar-refractivity contribution < 1.29 is 28.7 Å². The Hall–Kier alpha value is -3.21. The normalized spacial score (nSPS) is 10.6. The molecule has 34 heavy (non-hydrogen) atoms. The topological polar surface area (TPSA) is 136 Å². The molecule has 11 heteroatoms. The molecule has 0 saturated carbocycles. The fourth-order valence-corrected chi connectivity index (χ4v) is 3.34. The number of alkyl carbamates (subject to hydrolysis) is 1. The molecule has 3 amide bonds. The molecule has 1 aromatic heterocycles. The second-order valence-electron chi connectivity index (χ2n) is 6.99. The van der Waals surface area contributed by atoms with Gasteiger partial charge < -0.3 is 25.4 Å². The molecule has 1 heterocycles. The fourth-order valence-electron chi connectivity index (χ4n) is 2.45. The van der Waals surface area contributed by atoms with Crippen LogP contribution in [0, 0.1) is 0 Å². The highest BCUT2D eigenvalue weighted by atomic mass is 32.1. The minimum absolute atomic E-state index is 0.217. The zero-order valence-corrected chi connectivity index (χ0v) is 21.4. The van der Waals surface area contributed by atoms with Gasteiger partial charge in [0.15, 0.2) is 0 Å². The fraction of sp³-hybridized carbons (Fsp3) is 0.522. The van der Waals surface area contributed by atoms with Crippen molar-refractivity contribution in [2.75, 3.05) is 13.7 Å².